The number of nitrogens with one attached hydrogen (secondary N) is 1. The van der Waals surface area contributed by atoms with Gasteiger partial charge in [0.25, 0.3) is 5.91 Å². The Morgan fingerprint density at radius 1 is 1.47 bits per heavy atom. The first-order valence-electron chi connectivity index (χ1n) is 4.82. The van der Waals surface area contributed by atoms with Crippen molar-refractivity contribution in [2.45, 2.75) is 13.0 Å². The smallest absolute Gasteiger partial charge is 0.337 e. The van der Waals surface area contributed by atoms with Crippen LogP contribution in [0.4, 0.5) is 5.69 Å². The van der Waals surface area contributed by atoms with Gasteiger partial charge in [0.05, 0.1) is 11.3 Å². The van der Waals surface area contributed by atoms with E-state index in [0.29, 0.717) is 0 Å². The van der Waals surface area contributed by atoms with E-state index in [9.17, 15) is 9.59 Å². The van der Waals surface area contributed by atoms with Crippen molar-refractivity contribution in [2.24, 2.45) is 0 Å². The van der Waals surface area contributed by atoms with Crippen molar-refractivity contribution < 1.29 is 19.4 Å². The minimum Gasteiger partial charge on any atom is -0.478 e. The third kappa shape index (κ3) is 3.67. The molecule has 0 aliphatic rings. The lowest BCUT2D eigenvalue weighted by molar-refractivity contribution is -0.124. The molecule has 1 aromatic carbocycles. The molecular weight excluding hydrogens is 337 g/mol. The summed E-state index contributed by atoms with van der Waals surface area (Å²) in [6.45, 7) is 1.59. The molecule has 17 heavy (non-hydrogen) atoms. The number of ether oxygens (including phenoxy) is 1. The summed E-state index contributed by atoms with van der Waals surface area (Å²) in [6, 6.07) is 4.78. The van der Waals surface area contributed by atoms with E-state index in [2.05, 4.69) is 5.32 Å². The Hall–Kier alpha value is -1.15. The van der Waals surface area contributed by atoms with E-state index >= 15 is 0 Å². The highest BCUT2D eigenvalue weighted by molar-refractivity contribution is 14.1. The molecule has 6 heteroatoms. The molecular formula is C11H12INO4. The Bertz CT molecular complexity index is 447. The van der Waals surface area contributed by atoms with E-state index in [1.807, 2.05) is 22.6 Å². The number of benzene rings is 1. The molecule has 0 spiro atoms. The summed E-state index contributed by atoms with van der Waals surface area (Å²) in [4.78, 5) is 22.6. The molecule has 0 aliphatic carbocycles. The minimum absolute atomic E-state index is 0.0635. The highest BCUT2D eigenvalue weighted by Gasteiger charge is 2.16. The average molecular weight is 349 g/mol. The summed E-state index contributed by atoms with van der Waals surface area (Å²) >= 11 is 2.01. The van der Waals surface area contributed by atoms with Crippen LogP contribution >= 0.6 is 22.6 Å². The van der Waals surface area contributed by atoms with Gasteiger partial charge in [0.15, 0.2) is 0 Å². The van der Waals surface area contributed by atoms with Crippen LogP contribution in [0, 0.1) is 3.57 Å². The number of carboxylic acid groups (broad SMARTS) is 1. The standard InChI is InChI=1S/C11H12INO4/c1-6(17-2)10(14)13-9-4-3-7(12)5-8(9)11(15)16/h3-6H,1-2H3,(H,13,14)(H,15,16). The summed E-state index contributed by atoms with van der Waals surface area (Å²) in [5.41, 5.74) is 0.334. The van der Waals surface area contributed by atoms with Gasteiger partial charge in [-0.3, -0.25) is 4.79 Å². The lowest BCUT2D eigenvalue weighted by Gasteiger charge is -2.12. The summed E-state index contributed by atoms with van der Waals surface area (Å²) in [7, 11) is 1.41. The Labute approximate surface area is 112 Å². The van der Waals surface area contributed by atoms with Gasteiger partial charge in [0.1, 0.15) is 6.10 Å². The van der Waals surface area contributed by atoms with Crippen LogP contribution in [0.25, 0.3) is 0 Å². The van der Waals surface area contributed by atoms with Gasteiger partial charge in [-0.15, -0.1) is 0 Å². The third-order valence-corrected chi connectivity index (χ3v) is 2.86. The average Bonchev–Trinajstić information content (AvgIpc) is 2.29. The molecule has 92 valence electrons. The number of halogens is 1. The highest BCUT2D eigenvalue weighted by atomic mass is 127. The fourth-order valence-corrected chi connectivity index (χ4v) is 1.64. The molecule has 0 radical (unpaired) electrons. The molecule has 0 bridgehead atoms. The first kappa shape index (κ1) is 13.9. The number of carbonyl (C=O) groups excluding carboxylic acids is 1. The number of aromatic carboxylic acids is 1. The predicted molar refractivity (Wildman–Crippen MR) is 71.2 cm³/mol. The normalized spacial score (nSPS) is 11.9. The second-order valence-electron chi connectivity index (χ2n) is 3.36. The zero-order valence-electron chi connectivity index (χ0n) is 9.36. The molecule has 2 N–H and O–H groups in total. The largest absolute Gasteiger partial charge is 0.478 e. The minimum atomic E-state index is -1.08. The number of hydrogen-bond donors (Lipinski definition) is 2. The van der Waals surface area contributed by atoms with Crippen molar-refractivity contribution >= 4 is 40.2 Å². The van der Waals surface area contributed by atoms with Gasteiger partial charge in [-0.05, 0) is 47.7 Å². The number of rotatable bonds is 4. The number of anilines is 1. The van der Waals surface area contributed by atoms with E-state index in [4.69, 9.17) is 9.84 Å². The maximum absolute atomic E-state index is 11.6. The molecule has 0 saturated heterocycles. The van der Waals surface area contributed by atoms with Crippen molar-refractivity contribution in [3.05, 3.63) is 27.3 Å². The molecule has 5 nitrogen and oxygen atoms in total. The number of carboxylic acids is 1. The van der Waals surface area contributed by atoms with Crippen LogP contribution in [0.5, 0.6) is 0 Å². The van der Waals surface area contributed by atoms with Gasteiger partial charge in [0.2, 0.25) is 0 Å². The monoisotopic (exact) mass is 349 g/mol. The maximum Gasteiger partial charge on any atom is 0.337 e. The van der Waals surface area contributed by atoms with Gasteiger partial charge in [-0.1, -0.05) is 0 Å². The van der Waals surface area contributed by atoms with Gasteiger partial charge in [-0.25, -0.2) is 4.79 Å². The number of hydrogen-bond acceptors (Lipinski definition) is 3. The third-order valence-electron chi connectivity index (χ3n) is 2.19. The fraction of sp³-hybridized carbons (Fsp3) is 0.273. The van der Waals surface area contributed by atoms with Crippen LogP contribution in [-0.2, 0) is 9.53 Å². The highest BCUT2D eigenvalue weighted by Crippen LogP contribution is 2.19. The SMILES string of the molecule is COC(C)C(=O)Nc1ccc(I)cc1C(=O)O. The Balaban J connectivity index is 2.98. The second-order valence-corrected chi connectivity index (χ2v) is 4.61. The molecule has 1 atom stereocenters. The maximum atomic E-state index is 11.6. The van der Waals surface area contributed by atoms with Gasteiger partial charge in [-0.2, -0.15) is 0 Å². The van der Waals surface area contributed by atoms with E-state index in [1.54, 1.807) is 19.1 Å². The van der Waals surface area contributed by atoms with Crippen molar-refractivity contribution in [3.63, 3.8) is 0 Å². The topological polar surface area (TPSA) is 75.6 Å². The molecule has 1 amide bonds. The molecule has 0 saturated carbocycles. The molecule has 1 unspecified atom stereocenters. The second kappa shape index (κ2) is 5.97. The van der Waals surface area contributed by atoms with Crippen molar-refractivity contribution in [3.8, 4) is 0 Å². The lowest BCUT2D eigenvalue weighted by atomic mass is 10.1. The Morgan fingerprint density at radius 2 is 2.12 bits per heavy atom. The zero-order valence-corrected chi connectivity index (χ0v) is 11.5. The van der Waals surface area contributed by atoms with E-state index in [-0.39, 0.29) is 17.2 Å². The summed E-state index contributed by atoms with van der Waals surface area (Å²) < 4.78 is 5.64. The first-order valence-corrected chi connectivity index (χ1v) is 5.90. The lowest BCUT2D eigenvalue weighted by Crippen LogP contribution is -2.27. The number of methoxy groups -OCH3 is 1. The van der Waals surface area contributed by atoms with Crippen LogP contribution in [0.15, 0.2) is 18.2 Å². The quantitative estimate of drug-likeness (QED) is 0.815. The summed E-state index contributed by atoms with van der Waals surface area (Å²) in [5, 5.41) is 11.5. The Morgan fingerprint density at radius 3 is 2.65 bits per heavy atom. The summed E-state index contributed by atoms with van der Waals surface area (Å²) in [6.07, 6.45) is -0.629. The Kier molecular flexibility index (Phi) is 4.88. The van der Waals surface area contributed by atoms with Gasteiger partial charge < -0.3 is 15.2 Å². The van der Waals surface area contributed by atoms with Crippen LogP contribution in [-0.4, -0.2) is 30.2 Å². The summed E-state index contributed by atoms with van der Waals surface area (Å²) in [5.74, 6) is -1.46. The molecule has 1 aromatic rings. The molecule has 0 aromatic heterocycles. The van der Waals surface area contributed by atoms with Gasteiger partial charge in [0, 0.05) is 10.7 Å². The van der Waals surface area contributed by atoms with Crippen LogP contribution in [0.1, 0.15) is 17.3 Å². The first-order chi connectivity index (χ1) is 7.95. The number of amides is 1. The zero-order chi connectivity index (χ0) is 13.0. The van der Waals surface area contributed by atoms with Crippen LogP contribution in [0.3, 0.4) is 0 Å². The predicted octanol–water partition coefficient (Wildman–Crippen LogP) is 1.96. The van der Waals surface area contributed by atoms with E-state index in [1.165, 1.54) is 13.2 Å². The molecule has 0 aliphatic heterocycles. The molecule has 0 heterocycles. The molecule has 0 fully saturated rings. The van der Waals surface area contributed by atoms with Crippen molar-refractivity contribution in [1.82, 2.24) is 0 Å². The van der Waals surface area contributed by atoms with E-state index < -0.39 is 12.1 Å². The fourth-order valence-electron chi connectivity index (χ4n) is 1.14. The number of carbonyl (C=O) groups is 2. The van der Waals surface area contributed by atoms with E-state index in [0.717, 1.165) is 3.57 Å². The van der Waals surface area contributed by atoms with Crippen LogP contribution in [0.2, 0.25) is 0 Å². The molecule has 1 rings (SSSR count). The van der Waals surface area contributed by atoms with Crippen molar-refractivity contribution in [1.29, 1.82) is 0 Å². The van der Waals surface area contributed by atoms with Crippen LogP contribution < -0.4 is 5.32 Å². The van der Waals surface area contributed by atoms with Crippen molar-refractivity contribution in [2.75, 3.05) is 12.4 Å². The van der Waals surface area contributed by atoms with Gasteiger partial charge >= 0.3 is 5.97 Å².